The van der Waals surface area contributed by atoms with Gasteiger partial charge in [0, 0.05) is 34.6 Å². The van der Waals surface area contributed by atoms with E-state index in [2.05, 4.69) is 5.32 Å². The van der Waals surface area contributed by atoms with Crippen LogP contribution in [0, 0.1) is 6.92 Å². The van der Waals surface area contributed by atoms with Crippen LogP contribution < -0.4 is 10.2 Å². The SMILES string of the molecule is Cc1cc(Cl)ccc1NC(=O)c1ccc(C(=O)N(C)c2ccccc2)cc1. The molecule has 3 aromatic carbocycles. The summed E-state index contributed by atoms with van der Waals surface area (Å²) in [7, 11) is 1.72. The maximum atomic E-state index is 12.6. The molecule has 0 unspecified atom stereocenters. The summed E-state index contributed by atoms with van der Waals surface area (Å²) < 4.78 is 0. The quantitative estimate of drug-likeness (QED) is 0.680. The first kappa shape index (κ1) is 18.7. The van der Waals surface area contributed by atoms with Crippen LogP contribution in [0.25, 0.3) is 0 Å². The normalized spacial score (nSPS) is 10.3. The van der Waals surface area contributed by atoms with E-state index in [-0.39, 0.29) is 11.8 Å². The minimum absolute atomic E-state index is 0.137. The van der Waals surface area contributed by atoms with E-state index in [9.17, 15) is 9.59 Å². The number of hydrogen-bond donors (Lipinski definition) is 1. The molecule has 0 aromatic heterocycles. The molecule has 4 nitrogen and oxygen atoms in total. The van der Waals surface area contributed by atoms with Crippen molar-refractivity contribution in [2.24, 2.45) is 0 Å². The van der Waals surface area contributed by atoms with Crippen molar-refractivity contribution in [1.82, 2.24) is 0 Å². The molecular formula is C22H19ClN2O2. The lowest BCUT2D eigenvalue weighted by Crippen LogP contribution is -2.26. The molecule has 5 heteroatoms. The van der Waals surface area contributed by atoms with Gasteiger partial charge in [-0.05, 0) is 67.1 Å². The standard InChI is InChI=1S/C22H19ClN2O2/c1-15-14-18(23)12-13-20(15)24-21(26)16-8-10-17(11-9-16)22(27)25(2)19-6-4-3-5-7-19/h3-14H,1-2H3,(H,24,26). The van der Waals surface area contributed by atoms with Crippen molar-refractivity contribution >= 4 is 34.8 Å². The molecular weight excluding hydrogens is 360 g/mol. The first-order valence-electron chi connectivity index (χ1n) is 8.46. The van der Waals surface area contributed by atoms with Gasteiger partial charge < -0.3 is 10.2 Å². The van der Waals surface area contributed by atoms with E-state index in [0.717, 1.165) is 11.3 Å². The number of para-hydroxylation sites is 1. The molecule has 0 spiro atoms. The van der Waals surface area contributed by atoms with E-state index in [0.29, 0.717) is 21.8 Å². The number of benzene rings is 3. The second kappa shape index (κ2) is 8.06. The number of rotatable bonds is 4. The Bertz CT molecular complexity index is 969. The number of nitrogens with zero attached hydrogens (tertiary/aromatic N) is 1. The van der Waals surface area contributed by atoms with Crippen molar-refractivity contribution in [2.75, 3.05) is 17.3 Å². The summed E-state index contributed by atoms with van der Waals surface area (Å²) in [6, 6.07) is 21.3. The first-order chi connectivity index (χ1) is 13.0. The van der Waals surface area contributed by atoms with E-state index in [1.54, 1.807) is 54.4 Å². The number of carbonyl (C=O) groups excluding carboxylic acids is 2. The van der Waals surface area contributed by atoms with Crippen LogP contribution in [0.5, 0.6) is 0 Å². The Balaban J connectivity index is 1.72. The number of hydrogen-bond acceptors (Lipinski definition) is 2. The van der Waals surface area contributed by atoms with Gasteiger partial charge in [0.25, 0.3) is 11.8 Å². The number of aryl methyl sites for hydroxylation is 1. The maximum absolute atomic E-state index is 12.6. The summed E-state index contributed by atoms with van der Waals surface area (Å²) in [5, 5.41) is 3.48. The highest BCUT2D eigenvalue weighted by Gasteiger charge is 2.14. The zero-order chi connectivity index (χ0) is 19.4. The molecule has 2 amide bonds. The third-order valence-corrected chi connectivity index (χ3v) is 4.51. The minimum atomic E-state index is -0.240. The van der Waals surface area contributed by atoms with Crippen LogP contribution in [-0.2, 0) is 0 Å². The van der Waals surface area contributed by atoms with E-state index in [1.165, 1.54) is 0 Å². The second-order valence-corrected chi connectivity index (χ2v) is 6.63. The predicted octanol–water partition coefficient (Wildman–Crippen LogP) is 5.18. The van der Waals surface area contributed by atoms with Crippen molar-refractivity contribution in [1.29, 1.82) is 0 Å². The smallest absolute Gasteiger partial charge is 0.258 e. The lowest BCUT2D eigenvalue weighted by atomic mass is 10.1. The van der Waals surface area contributed by atoms with Gasteiger partial charge in [0.15, 0.2) is 0 Å². The molecule has 3 rings (SSSR count). The molecule has 0 aliphatic rings. The Morgan fingerprint density at radius 1 is 0.889 bits per heavy atom. The van der Waals surface area contributed by atoms with E-state index in [1.807, 2.05) is 37.3 Å². The topological polar surface area (TPSA) is 49.4 Å². The van der Waals surface area contributed by atoms with Crippen molar-refractivity contribution < 1.29 is 9.59 Å². The Morgan fingerprint density at radius 3 is 2.15 bits per heavy atom. The molecule has 3 aromatic rings. The maximum Gasteiger partial charge on any atom is 0.258 e. The third kappa shape index (κ3) is 4.36. The van der Waals surface area contributed by atoms with Gasteiger partial charge in [-0.1, -0.05) is 29.8 Å². The summed E-state index contributed by atoms with van der Waals surface area (Å²) in [6.07, 6.45) is 0. The molecule has 0 saturated heterocycles. The van der Waals surface area contributed by atoms with Crippen LogP contribution in [0.1, 0.15) is 26.3 Å². The van der Waals surface area contributed by atoms with Gasteiger partial charge in [0.05, 0.1) is 0 Å². The van der Waals surface area contributed by atoms with Crippen molar-refractivity contribution in [3.05, 3.63) is 94.5 Å². The lowest BCUT2D eigenvalue weighted by Gasteiger charge is -2.17. The molecule has 0 radical (unpaired) electrons. The van der Waals surface area contributed by atoms with Gasteiger partial charge in [0.1, 0.15) is 0 Å². The molecule has 0 aliphatic carbocycles. The van der Waals surface area contributed by atoms with Gasteiger partial charge in [-0.2, -0.15) is 0 Å². The molecule has 0 bridgehead atoms. The van der Waals surface area contributed by atoms with Gasteiger partial charge in [-0.25, -0.2) is 0 Å². The Hall–Kier alpha value is -3.11. The van der Waals surface area contributed by atoms with Crippen LogP contribution in [0.2, 0.25) is 5.02 Å². The summed E-state index contributed by atoms with van der Waals surface area (Å²) >= 11 is 5.94. The van der Waals surface area contributed by atoms with Crippen molar-refractivity contribution in [2.45, 2.75) is 6.92 Å². The summed E-state index contributed by atoms with van der Waals surface area (Å²) in [4.78, 5) is 26.6. The molecule has 0 atom stereocenters. The average Bonchev–Trinajstić information content (AvgIpc) is 2.69. The van der Waals surface area contributed by atoms with E-state index < -0.39 is 0 Å². The van der Waals surface area contributed by atoms with Gasteiger partial charge in [0.2, 0.25) is 0 Å². The second-order valence-electron chi connectivity index (χ2n) is 6.19. The molecule has 0 saturated carbocycles. The molecule has 136 valence electrons. The van der Waals surface area contributed by atoms with Crippen LogP contribution in [0.3, 0.4) is 0 Å². The highest BCUT2D eigenvalue weighted by atomic mass is 35.5. The number of nitrogens with one attached hydrogen (secondary N) is 1. The van der Waals surface area contributed by atoms with Crippen molar-refractivity contribution in [3.63, 3.8) is 0 Å². The molecule has 27 heavy (non-hydrogen) atoms. The van der Waals surface area contributed by atoms with Crippen LogP contribution >= 0.6 is 11.6 Å². The van der Waals surface area contributed by atoms with E-state index >= 15 is 0 Å². The number of anilines is 2. The van der Waals surface area contributed by atoms with Crippen LogP contribution in [0.15, 0.2) is 72.8 Å². The zero-order valence-corrected chi connectivity index (χ0v) is 15.8. The summed E-state index contributed by atoms with van der Waals surface area (Å²) in [6.45, 7) is 1.88. The number of amides is 2. The summed E-state index contributed by atoms with van der Waals surface area (Å²) in [5.74, 6) is -0.377. The monoisotopic (exact) mass is 378 g/mol. The predicted molar refractivity (Wildman–Crippen MR) is 110 cm³/mol. The third-order valence-electron chi connectivity index (χ3n) is 4.28. The molecule has 0 fully saturated rings. The fourth-order valence-corrected chi connectivity index (χ4v) is 2.92. The van der Waals surface area contributed by atoms with Gasteiger partial charge in [-0.15, -0.1) is 0 Å². The van der Waals surface area contributed by atoms with Crippen LogP contribution in [0.4, 0.5) is 11.4 Å². The number of halogens is 1. The van der Waals surface area contributed by atoms with Gasteiger partial charge >= 0.3 is 0 Å². The van der Waals surface area contributed by atoms with Crippen molar-refractivity contribution in [3.8, 4) is 0 Å². The van der Waals surface area contributed by atoms with E-state index in [4.69, 9.17) is 11.6 Å². The highest BCUT2D eigenvalue weighted by Crippen LogP contribution is 2.21. The first-order valence-corrected chi connectivity index (χ1v) is 8.84. The molecule has 0 heterocycles. The van der Waals surface area contributed by atoms with Crippen LogP contribution in [-0.4, -0.2) is 18.9 Å². The fourth-order valence-electron chi connectivity index (χ4n) is 2.69. The van der Waals surface area contributed by atoms with Gasteiger partial charge in [-0.3, -0.25) is 9.59 Å². The summed E-state index contributed by atoms with van der Waals surface area (Å²) in [5.41, 5.74) is 3.38. The minimum Gasteiger partial charge on any atom is -0.322 e. The zero-order valence-electron chi connectivity index (χ0n) is 15.1. The highest BCUT2D eigenvalue weighted by molar-refractivity contribution is 6.30. The molecule has 1 N–H and O–H groups in total. The Morgan fingerprint density at radius 2 is 1.52 bits per heavy atom. The fraction of sp³-hybridized carbons (Fsp3) is 0.0909. The molecule has 0 aliphatic heterocycles. The average molecular weight is 379 g/mol. The number of carbonyl (C=O) groups is 2. The Kier molecular flexibility index (Phi) is 5.57. The largest absolute Gasteiger partial charge is 0.322 e. The Labute approximate surface area is 163 Å². The lowest BCUT2D eigenvalue weighted by molar-refractivity contribution is 0.0989.